The molecule has 2 aromatic carbocycles. The van der Waals surface area contributed by atoms with Gasteiger partial charge in [-0.2, -0.15) is 5.10 Å². The third-order valence-electron chi connectivity index (χ3n) is 2.69. The van der Waals surface area contributed by atoms with Crippen molar-refractivity contribution in [2.75, 3.05) is 13.7 Å². The third-order valence-corrected chi connectivity index (χ3v) is 2.69. The van der Waals surface area contributed by atoms with E-state index in [1.165, 1.54) is 18.3 Å². The molecule has 5 nitrogen and oxygen atoms in total. The van der Waals surface area contributed by atoms with Gasteiger partial charge in [0.15, 0.2) is 18.2 Å². The summed E-state index contributed by atoms with van der Waals surface area (Å²) >= 11 is 0. The van der Waals surface area contributed by atoms with Crippen LogP contribution >= 0.6 is 0 Å². The van der Waals surface area contributed by atoms with Crippen LogP contribution in [-0.4, -0.2) is 25.8 Å². The third kappa shape index (κ3) is 4.59. The summed E-state index contributed by atoms with van der Waals surface area (Å²) in [5.41, 5.74) is 3.07. The summed E-state index contributed by atoms with van der Waals surface area (Å²) in [5.74, 6) is -0.287. The van der Waals surface area contributed by atoms with Crippen LogP contribution in [0.5, 0.6) is 11.5 Å². The monoisotopic (exact) mass is 302 g/mol. The van der Waals surface area contributed by atoms with Gasteiger partial charge in [0.05, 0.1) is 13.3 Å². The minimum atomic E-state index is -0.518. The predicted molar refractivity (Wildman–Crippen MR) is 80.6 cm³/mol. The standard InChI is InChI=1S/C16H15FN2O3/c1-21-13-6-4-5-12(9-13)10-18-19-16(20)11-22-15-8-3-2-7-14(15)17/h2-10H,11H2,1H3,(H,19,20)/b18-10+. The van der Waals surface area contributed by atoms with Crippen molar-refractivity contribution in [2.45, 2.75) is 0 Å². The number of nitrogens with one attached hydrogen (secondary N) is 1. The molecule has 22 heavy (non-hydrogen) atoms. The number of carbonyl (C=O) groups excluding carboxylic acids is 1. The van der Waals surface area contributed by atoms with E-state index in [4.69, 9.17) is 9.47 Å². The molecule has 0 spiro atoms. The Morgan fingerprint density at radius 1 is 1.27 bits per heavy atom. The second kappa shape index (κ2) is 7.78. The fraction of sp³-hybridized carbons (Fsp3) is 0.125. The molecule has 0 atom stereocenters. The molecule has 0 radical (unpaired) electrons. The van der Waals surface area contributed by atoms with Crippen molar-refractivity contribution in [2.24, 2.45) is 5.10 Å². The molecule has 6 heteroatoms. The van der Waals surface area contributed by atoms with Crippen LogP contribution in [0.25, 0.3) is 0 Å². The lowest BCUT2D eigenvalue weighted by Gasteiger charge is -2.05. The van der Waals surface area contributed by atoms with Crippen LogP contribution in [0.2, 0.25) is 0 Å². The first-order chi connectivity index (χ1) is 10.7. The molecule has 0 saturated heterocycles. The van der Waals surface area contributed by atoms with Gasteiger partial charge in [-0.3, -0.25) is 4.79 Å². The number of para-hydroxylation sites is 1. The molecule has 0 saturated carbocycles. The number of hydrogen-bond acceptors (Lipinski definition) is 4. The van der Waals surface area contributed by atoms with Gasteiger partial charge in [0, 0.05) is 0 Å². The molecule has 0 unspecified atom stereocenters. The summed E-state index contributed by atoms with van der Waals surface area (Å²) in [7, 11) is 1.57. The average Bonchev–Trinajstić information content (AvgIpc) is 2.54. The van der Waals surface area contributed by atoms with E-state index in [0.29, 0.717) is 5.75 Å². The van der Waals surface area contributed by atoms with Gasteiger partial charge in [-0.25, -0.2) is 9.82 Å². The number of hydrazone groups is 1. The highest BCUT2D eigenvalue weighted by molar-refractivity contribution is 5.83. The molecule has 0 aromatic heterocycles. The zero-order valence-electron chi connectivity index (χ0n) is 12.0. The largest absolute Gasteiger partial charge is 0.497 e. The molecule has 0 aliphatic heterocycles. The van der Waals surface area contributed by atoms with Gasteiger partial charge in [-0.15, -0.1) is 0 Å². The van der Waals surface area contributed by atoms with Crippen molar-refractivity contribution in [3.05, 3.63) is 59.9 Å². The molecule has 0 aliphatic rings. The van der Waals surface area contributed by atoms with E-state index in [1.807, 2.05) is 12.1 Å². The first-order valence-electron chi connectivity index (χ1n) is 6.52. The number of halogens is 1. The first-order valence-corrected chi connectivity index (χ1v) is 6.52. The van der Waals surface area contributed by atoms with Crippen LogP contribution in [-0.2, 0) is 4.79 Å². The Morgan fingerprint density at radius 3 is 2.86 bits per heavy atom. The van der Waals surface area contributed by atoms with E-state index in [9.17, 15) is 9.18 Å². The molecule has 0 fully saturated rings. The first kappa shape index (κ1) is 15.5. The topological polar surface area (TPSA) is 59.9 Å². The van der Waals surface area contributed by atoms with Gasteiger partial charge in [0.25, 0.3) is 5.91 Å². The second-order valence-corrected chi connectivity index (χ2v) is 4.29. The Labute approximate surface area is 127 Å². The molecule has 114 valence electrons. The Hall–Kier alpha value is -2.89. The lowest BCUT2D eigenvalue weighted by molar-refractivity contribution is -0.123. The average molecular weight is 302 g/mol. The minimum Gasteiger partial charge on any atom is -0.497 e. The highest BCUT2D eigenvalue weighted by Crippen LogP contribution is 2.14. The lowest BCUT2D eigenvalue weighted by Crippen LogP contribution is -2.24. The van der Waals surface area contributed by atoms with Crippen molar-refractivity contribution in [3.63, 3.8) is 0 Å². The molecule has 1 amide bonds. The number of methoxy groups -OCH3 is 1. The molecule has 1 N–H and O–H groups in total. The maximum atomic E-state index is 13.3. The van der Waals surface area contributed by atoms with Crippen LogP contribution in [0, 0.1) is 5.82 Å². The Kier molecular flexibility index (Phi) is 5.48. The highest BCUT2D eigenvalue weighted by Gasteiger charge is 2.05. The summed E-state index contributed by atoms with van der Waals surface area (Å²) in [6.07, 6.45) is 1.48. The maximum Gasteiger partial charge on any atom is 0.277 e. The van der Waals surface area contributed by atoms with Gasteiger partial charge >= 0.3 is 0 Å². The smallest absolute Gasteiger partial charge is 0.277 e. The predicted octanol–water partition coefficient (Wildman–Crippen LogP) is 2.36. The number of carbonyl (C=O) groups is 1. The number of rotatable bonds is 6. The molecule has 0 bridgehead atoms. The van der Waals surface area contributed by atoms with Crippen LogP contribution in [0.4, 0.5) is 4.39 Å². The fourth-order valence-corrected chi connectivity index (χ4v) is 1.64. The van der Waals surface area contributed by atoms with E-state index in [-0.39, 0.29) is 12.4 Å². The zero-order chi connectivity index (χ0) is 15.8. The van der Waals surface area contributed by atoms with Crippen molar-refractivity contribution in [1.29, 1.82) is 0 Å². The summed E-state index contributed by atoms with van der Waals surface area (Å²) in [6, 6.07) is 13.1. The molecule has 0 heterocycles. The Morgan fingerprint density at radius 2 is 2.09 bits per heavy atom. The minimum absolute atomic E-state index is 0.0226. The van der Waals surface area contributed by atoms with E-state index >= 15 is 0 Å². The number of benzene rings is 2. The molecular formula is C16H15FN2O3. The van der Waals surface area contributed by atoms with Gasteiger partial charge in [-0.1, -0.05) is 24.3 Å². The van der Waals surface area contributed by atoms with Gasteiger partial charge < -0.3 is 9.47 Å². The summed E-state index contributed by atoms with van der Waals surface area (Å²) in [4.78, 5) is 11.5. The fourth-order valence-electron chi connectivity index (χ4n) is 1.64. The van der Waals surface area contributed by atoms with Crippen molar-refractivity contribution < 1.29 is 18.7 Å². The van der Waals surface area contributed by atoms with Crippen molar-refractivity contribution in [1.82, 2.24) is 5.43 Å². The number of nitrogens with zero attached hydrogens (tertiary/aromatic N) is 1. The van der Waals surface area contributed by atoms with Gasteiger partial charge in [0.1, 0.15) is 5.75 Å². The van der Waals surface area contributed by atoms with Crippen LogP contribution < -0.4 is 14.9 Å². The maximum absolute atomic E-state index is 13.3. The SMILES string of the molecule is COc1cccc(/C=N/NC(=O)COc2ccccc2F)c1. The summed E-state index contributed by atoms with van der Waals surface area (Å²) < 4.78 is 23.4. The van der Waals surface area contributed by atoms with E-state index in [1.54, 1.807) is 31.4 Å². The number of hydrogen-bond donors (Lipinski definition) is 1. The van der Waals surface area contributed by atoms with E-state index in [0.717, 1.165) is 5.56 Å². The van der Waals surface area contributed by atoms with Crippen molar-refractivity contribution in [3.8, 4) is 11.5 Å². The van der Waals surface area contributed by atoms with Gasteiger partial charge in [-0.05, 0) is 29.8 Å². The molecule has 0 aliphatic carbocycles. The quantitative estimate of drug-likeness (QED) is 0.658. The molecular weight excluding hydrogens is 287 g/mol. The Balaban J connectivity index is 1.82. The zero-order valence-corrected chi connectivity index (χ0v) is 12.0. The van der Waals surface area contributed by atoms with E-state index in [2.05, 4.69) is 10.5 Å². The summed E-state index contributed by atoms with van der Waals surface area (Å²) in [5, 5.41) is 3.80. The van der Waals surface area contributed by atoms with Crippen LogP contribution in [0.15, 0.2) is 53.6 Å². The van der Waals surface area contributed by atoms with Gasteiger partial charge in [0.2, 0.25) is 0 Å². The molecule has 2 aromatic rings. The Bertz CT molecular complexity index is 674. The number of ether oxygens (including phenoxy) is 2. The second-order valence-electron chi connectivity index (χ2n) is 4.29. The van der Waals surface area contributed by atoms with E-state index < -0.39 is 11.7 Å². The number of amides is 1. The molecule has 2 rings (SSSR count). The summed E-state index contributed by atoms with van der Waals surface area (Å²) in [6.45, 7) is -0.323. The van der Waals surface area contributed by atoms with Crippen LogP contribution in [0.1, 0.15) is 5.56 Å². The normalized spacial score (nSPS) is 10.5. The van der Waals surface area contributed by atoms with Crippen molar-refractivity contribution >= 4 is 12.1 Å². The lowest BCUT2D eigenvalue weighted by atomic mass is 10.2. The van der Waals surface area contributed by atoms with Crippen LogP contribution in [0.3, 0.4) is 0 Å². The highest BCUT2D eigenvalue weighted by atomic mass is 19.1.